The molecule has 3 heterocycles. The number of hydrogen-bond donors (Lipinski definition) is 13. The molecule has 112 heavy (non-hydrogen) atoms. The minimum atomic E-state index is -4.28. The zero-order valence-electron chi connectivity index (χ0n) is 66.2. The lowest BCUT2D eigenvalue weighted by Crippen LogP contribution is -2.60. The minimum Gasteiger partial charge on any atom is -0.748 e. The van der Waals surface area contributed by atoms with E-state index in [2.05, 4.69) is 139 Å². The van der Waals surface area contributed by atoms with Gasteiger partial charge in [-0.2, -0.15) is 4.58 Å². The summed E-state index contributed by atoms with van der Waals surface area (Å²) in [5, 5.41) is 38.8. The third-order valence-corrected chi connectivity index (χ3v) is 21.0. The smallest absolute Gasteiger partial charge is 0.326 e. The number of urea groups is 1. The predicted molar refractivity (Wildman–Crippen MR) is 430 cm³/mol. The standard InChI is InChI=1S/C80H120N16O15S/c1-9-54(4)69(73(102)91-62(75(104)105)51-53(2)3)92-71(100)61(52-55-35-37-56(97)38-36-55)90-72(101)65-31-24-45-96(65)74(103)60(89-70(99)59(81)27-22-39-86-76(82)83)28-23-40-87-77(84)93-78(106)88-42-47-111-49-48-110-46-41-85-68(98)34-14-11-19-43-94-63-29-17-15-25-57(63)79(5,6)66(94)32-12-10-13-33-67-80(7,8)58-26-16-18-30-64(58)95(67)44-20-21-50-112(107,108)109/h10,12-13,15-18,25-26,29-30,32-33,35-38,53-54,59-62,65,69H,9,11,14,19-24,27-28,31,34,39-52,81H2,1-8H3,(H15-,82,83,84,85,86,87,88,89,90,91,92,93,97,98,99,100,101,102,104,105,106,107,108,109)/t54-,59-,60-,61-,62-,65-,69-/m0/s1. The van der Waals surface area contributed by atoms with Crippen molar-refractivity contribution in [2.45, 2.75) is 199 Å². The fourth-order valence-corrected chi connectivity index (χ4v) is 14.5. The molecule has 1 fully saturated rings. The molecule has 31 nitrogen and oxygen atoms in total. The average molecular weight is 1580 g/mol. The van der Waals surface area contributed by atoms with E-state index in [4.69, 9.17) is 32.4 Å². The maximum absolute atomic E-state index is 14.6. The zero-order valence-corrected chi connectivity index (χ0v) is 67.0. The van der Waals surface area contributed by atoms with Crippen LogP contribution in [0.5, 0.6) is 5.75 Å². The van der Waals surface area contributed by atoms with Crippen LogP contribution in [0.2, 0.25) is 0 Å². The summed E-state index contributed by atoms with van der Waals surface area (Å²) in [6, 6.07) is 14.8. The highest BCUT2D eigenvalue weighted by Crippen LogP contribution is 2.48. The van der Waals surface area contributed by atoms with Gasteiger partial charge in [0.2, 0.25) is 41.1 Å². The van der Waals surface area contributed by atoms with Gasteiger partial charge in [0.25, 0.3) is 0 Å². The number of unbranched alkanes of at least 4 members (excludes halogenated alkanes) is 3. The quantitative estimate of drug-likeness (QED) is 0.00908. The lowest BCUT2D eigenvalue weighted by molar-refractivity contribution is -0.438. The van der Waals surface area contributed by atoms with E-state index in [0.717, 1.165) is 37.2 Å². The summed E-state index contributed by atoms with van der Waals surface area (Å²) < 4.78 is 47.5. The summed E-state index contributed by atoms with van der Waals surface area (Å²) in [7, 11) is -4.28. The number of hydrogen-bond acceptors (Lipinski definition) is 18. The van der Waals surface area contributed by atoms with Gasteiger partial charge in [-0.3, -0.25) is 44.1 Å². The highest BCUT2D eigenvalue weighted by molar-refractivity contribution is 7.85. The average Bonchev–Trinajstić information content (AvgIpc) is 1.60. The second-order valence-electron chi connectivity index (χ2n) is 30.1. The first-order valence-electron chi connectivity index (χ1n) is 38.9. The number of amides is 8. The molecule has 32 heteroatoms. The van der Waals surface area contributed by atoms with Crippen LogP contribution in [-0.2, 0) is 70.4 Å². The number of nitrogens with one attached hydrogen (secondary N) is 7. The molecular formula is C80H120N16O15S. The molecule has 0 aliphatic carbocycles. The number of carbonyl (C=O) groups is 8. The number of phenolic OH excluding ortho intramolecular Hbond substituents is 1. The van der Waals surface area contributed by atoms with Crippen LogP contribution >= 0.6 is 0 Å². The number of phenols is 1. The second-order valence-corrected chi connectivity index (χ2v) is 31.6. The number of rotatable bonds is 47. The molecule has 3 aromatic carbocycles. The molecule has 7 atom stereocenters. The highest BCUT2D eigenvalue weighted by atomic mass is 32.2. The Hall–Kier alpha value is -9.76. The van der Waals surface area contributed by atoms with Crippen LogP contribution in [-0.4, -0.2) is 212 Å². The third-order valence-electron chi connectivity index (χ3n) is 20.2. The van der Waals surface area contributed by atoms with Crippen LogP contribution < -0.4 is 65.1 Å². The first-order chi connectivity index (χ1) is 53.2. The number of nitrogens with two attached hydrogens (primary N) is 4. The van der Waals surface area contributed by atoms with E-state index >= 15 is 0 Å². The van der Waals surface area contributed by atoms with Gasteiger partial charge in [0.1, 0.15) is 42.5 Å². The number of carboxylic acids is 1. The van der Waals surface area contributed by atoms with Gasteiger partial charge in [0, 0.05) is 98.8 Å². The lowest BCUT2D eigenvalue weighted by atomic mass is 9.81. The zero-order chi connectivity index (χ0) is 82.1. The van der Waals surface area contributed by atoms with Gasteiger partial charge >= 0.3 is 12.0 Å². The van der Waals surface area contributed by atoms with Crippen molar-refractivity contribution in [3.63, 3.8) is 0 Å². The second kappa shape index (κ2) is 45.1. The number of aliphatic imine (C=N–C) groups is 2. The minimum absolute atomic E-state index is 0.00678. The number of fused-ring (bicyclic) bond motifs is 2. The maximum atomic E-state index is 14.6. The van der Waals surface area contributed by atoms with E-state index in [1.54, 1.807) is 19.1 Å². The molecule has 616 valence electrons. The molecule has 3 aliphatic rings. The van der Waals surface area contributed by atoms with Gasteiger partial charge in [-0.05, 0) is 132 Å². The van der Waals surface area contributed by atoms with Crippen molar-refractivity contribution in [2.75, 3.05) is 82.9 Å². The molecule has 0 radical (unpaired) electrons. The number of para-hydroxylation sites is 2. The molecular weight excluding hydrogens is 1460 g/mol. The first kappa shape index (κ1) is 91.1. The van der Waals surface area contributed by atoms with Crippen LogP contribution in [0.15, 0.2) is 119 Å². The third kappa shape index (κ3) is 28.8. The van der Waals surface area contributed by atoms with Gasteiger partial charge in [-0.15, -0.1) is 0 Å². The van der Waals surface area contributed by atoms with E-state index < -0.39 is 93.8 Å². The number of anilines is 1. The molecule has 0 saturated carbocycles. The van der Waals surface area contributed by atoms with Crippen molar-refractivity contribution in [3.05, 3.63) is 126 Å². The molecule has 3 aliphatic heterocycles. The monoisotopic (exact) mass is 1580 g/mol. The largest absolute Gasteiger partial charge is 0.748 e. The normalized spacial score (nSPS) is 17.2. The number of guanidine groups is 2. The number of benzene rings is 3. The summed E-state index contributed by atoms with van der Waals surface area (Å²) in [6.07, 6.45) is 15.8. The number of likely N-dealkylation sites (tertiary alicyclic amines) is 1. The van der Waals surface area contributed by atoms with Crippen molar-refractivity contribution < 1.29 is 75.6 Å². The fourth-order valence-electron chi connectivity index (χ4n) is 14.0. The van der Waals surface area contributed by atoms with Gasteiger partial charge in [-0.1, -0.05) is 115 Å². The number of carbonyl (C=O) groups excluding carboxylic acids is 7. The number of aromatic hydroxyl groups is 1. The molecule has 6 rings (SSSR count). The van der Waals surface area contributed by atoms with Gasteiger partial charge in [-0.25, -0.2) is 18.0 Å². The molecule has 0 aromatic heterocycles. The molecule has 1 saturated heterocycles. The molecule has 0 bridgehead atoms. The molecule has 0 spiro atoms. The number of nitrogens with zero attached hydrogens (tertiary/aromatic N) is 5. The predicted octanol–water partition coefficient (Wildman–Crippen LogP) is 4.72. The molecule has 17 N–H and O–H groups in total. The lowest BCUT2D eigenvalue weighted by Gasteiger charge is -2.31. The summed E-state index contributed by atoms with van der Waals surface area (Å²) in [5.41, 5.74) is 30.2. The number of ether oxygens (including phenoxy) is 2. The molecule has 3 aromatic rings. The van der Waals surface area contributed by atoms with Gasteiger partial charge in [0.05, 0.1) is 48.0 Å². The van der Waals surface area contributed by atoms with Crippen LogP contribution in [0.3, 0.4) is 0 Å². The Balaban J connectivity index is 0.917. The Morgan fingerprint density at radius 2 is 1.38 bits per heavy atom. The van der Waals surface area contributed by atoms with Crippen molar-refractivity contribution in [1.82, 2.24) is 42.1 Å². The van der Waals surface area contributed by atoms with Crippen molar-refractivity contribution in [3.8, 4) is 5.75 Å². The summed E-state index contributed by atoms with van der Waals surface area (Å²) in [4.78, 5) is 120. The Morgan fingerprint density at radius 3 is 2.06 bits per heavy atom. The SMILES string of the molecule is CC[C@H](C)[C@H](NC(=O)[C@H](Cc1ccc(O)cc1)NC(=O)[C@@H]1CCCN1C(=O)[C@H](CCCN=C(N)NC(=O)NCCOCCOCCNC(=O)CCCCC[N+]1=C(/C=C/C=C/C=C2\N(CCCCS(=O)(=O)[O-])c3ccccc3C2(C)C)C(C)(C)c2ccccc21)NC(=O)[C@@H](N)CCCN=C(N)N)C(=O)N[C@@H](CC(C)C)C(=O)O. The van der Waals surface area contributed by atoms with E-state index in [0.29, 0.717) is 57.2 Å². The van der Waals surface area contributed by atoms with E-state index in [-0.39, 0.29) is 137 Å². The molecule has 8 amide bonds. The van der Waals surface area contributed by atoms with Crippen LogP contribution in [0, 0.1) is 11.8 Å². The summed E-state index contributed by atoms with van der Waals surface area (Å²) in [6.45, 7) is 19.0. The fraction of sp³-hybridized carbons (Fsp3) is 0.562. The first-order valence-corrected chi connectivity index (χ1v) is 40.5. The Kier molecular flexibility index (Phi) is 36.7. The van der Waals surface area contributed by atoms with E-state index in [1.807, 2.05) is 45.1 Å². The number of allylic oxidation sites excluding steroid dienone is 6. The Bertz CT molecular complexity index is 3970. The van der Waals surface area contributed by atoms with Crippen LogP contribution in [0.4, 0.5) is 16.2 Å². The van der Waals surface area contributed by atoms with Crippen molar-refractivity contribution in [1.29, 1.82) is 0 Å². The maximum Gasteiger partial charge on any atom is 0.326 e. The van der Waals surface area contributed by atoms with Gasteiger partial charge in [0.15, 0.2) is 17.6 Å². The molecule has 0 unspecified atom stereocenters. The summed E-state index contributed by atoms with van der Waals surface area (Å²) in [5.74, 6) is -6.05. The summed E-state index contributed by atoms with van der Waals surface area (Å²) >= 11 is 0. The van der Waals surface area contributed by atoms with Crippen molar-refractivity contribution >= 4 is 86.6 Å². The topological polar surface area (TPSA) is 475 Å². The van der Waals surface area contributed by atoms with Crippen LogP contribution in [0.1, 0.15) is 162 Å². The Labute approximate surface area is 658 Å². The number of carboxylic acid groups (broad SMARTS) is 1. The number of aliphatic carboxylic acids is 1. The Morgan fingerprint density at radius 1 is 0.723 bits per heavy atom. The van der Waals surface area contributed by atoms with Crippen LogP contribution in [0.25, 0.3) is 0 Å². The van der Waals surface area contributed by atoms with E-state index in [9.17, 15) is 61.5 Å². The van der Waals surface area contributed by atoms with E-state index in [1.165, 1.54) is 39.6 Å². The highest BCUT2D eigenvalue weighted by Gasteiger charge is 2.45. The van der Waals surface area contributed by atoms with Crippen molar-refractivity contribution in [2.24, 2.45) is 44.8 Å². The van der Waals surface area contributed by atoms with Gasteiger partial charge < -0.3 is 88.9 Å².